The summed E-state index contributed by atoms with van der Waals surface area (Å²) >= 11 is 0. The highest BCUT2D eigenvalue weighted by Gasteiger charge is 2.32. The Morgan fingerprint density at radius 1 is 1.42 bits per heavy atom. The first kappa shape index (κ1) is 16.9. The van der Waals surface area contributed by atoms with E-state index in [2.05, 4.69) is 10.4 Å². The van der Waals surface area contributed by atoms with Gasteiger partial charge in [-0.15, -0.1) is 0 Å². The summed E-state index contributed by atoms with van der Waals surface area (Å²) in [6.45, 7) is 2.51. The summed E-state index contributed by atoms with van der Waals surface area (Å²) in [7, 11) is 3.56. The van der Waals surface area contributed by atoms with E-state index in [-0.39, 0.29) is 18.1 Å². The number of hydrogen-bond donors (Lipinski definition) is 1. The Balaban J connectivity index is 1.36. The lowest BCUT2D eigenvalue weighted by molar-refractivity contribution is 0.0904. The largest absolute Gasteiger partial charge is 0.496 e. The zero-order valence-electron chi connectivity index (χ0n) is 15.1. The number of methoxy groups -OCH3 is 1. The lowest BCUT2D eigenvalue weighted by Crippen LogP contribution is -2.39. The molecule has 2 amide bonds. The van der Waals surface area contributed by atoms with Crippen molar-refractivity contribution in [3.8, 4) is 5.75 Å². The molecule has 1 fully saturated rings. The van der Waals surface area contributed by atoms with E-state index in [1.807, 2.05) is 42.5 Å². The van der Waals surface area contributed by atoms with Crippen molar-refractivity contribution in [3.63, 3.8) is 0 Å². The predicted octanol–water partition coefficient (Wildman–Crippen LogP) is 2.23. The molecule has 3 heterocycles. The third-order valence-corrected chi connectivity index (χ3v) is 5.23. The molecular weight excluding hydrogens is 332 g/mol. The van der Waals surface area contributed by atoms with Crippen LogP contribution in [0.1, 0.15) is 29.2 Å². The highest BCUT2D eigenvalue weighted by Crippen LogP contribution is 2.34. The Labute approximate surface area is 152 Å². The minimum absolute atomic E-state index is 0.000121. The van der Waals surface area contributed by atoms with E-state index in [4.69, 9.17) is 9.47 Å². The quantitative estimate of drug-likeness (QED) is 0.912. The van der Waals surface area contributed by atoms with Gasteiger partial charge < -0.3 is 19.7 Å². The topological polar surface area (TPSA) is 68.6 Å². The molecule has 0 aliphatic carbocycles. The van der Waals surface area contributed by atoms with Crippen LogP contribution in [0.3, 0.4) is 0 Å². The molecule has 2 atom stereocenters. The molecule has 138 valence electrons. The Kier molecular flexibility index (Phi) is 4.55. The summed E-state index contributed by atoms with van der Waals surface area (Å²) in [6, 6.07) is 5.91. The van der Waals surface area contributed by atoms with Gasteiger partial charge in [0.1, 0.15) is 5.75 Å². The Morgan fingerprint density at radius 3 is 3.08 bits per heavy atom. The van der Waals surface area contributed by atoms with E-state index in [1.54, 1.807) is 11.8 Å². The second-order valence-electron chi connectivity index (χ2n) is 6.93. The first-order chi connectivity index (χ1) is 12.7. The van der Waals surface area contributed by atoms with Crippen LogP contribution in [0.2, 0.25) is 0 Å². The van der Waals surface area contributed by atoms with E-state index in [0.29, 0.717) is 26.2 Å². The van der Waals surface area contributed by atoms with Crippen molar-refractivity contribution in [3.05, 3.63) is 47.3 Å². The van der Waals surface area contributed by atoms with Crippen molar-refractivity contribution in [2.75, 3.05) is 20.3 Å². The zero-order chi connectivity index (χ0) is 18.1. The monoisotopic (exact) mass is 356 g/mol. The van der Waals surface area contributed by atoms with Gasteiger partial charge in [-0.3, -0.25) is 4.68 Å². The maximum atomic E-state index is 12.6. The first-order valence-electron chi connectivity index (χ1n) is 8.93. The molecule has 0 radical (unpaired) electrons. The van der Waals surface area contributed by atoms with E-state index >= 15 is 0 Å². The van der Waals surface area contributed by atoms with Gasteiger partial charge in [0.25, 0.3) is 0 Å². The van der Waals surface area contributed by atoms with Crippen LogP contribution in [0.25, 0.3) is 0 Å². The van der Waals surface area contributed by atoms with E-state index < -0.39 is 0 Å². The lowest BCUT2D eigenvalue weighted by Gasteiger charge is -2.21. The average Bonchev–Trinajstić information content (AvgIpc) is 3.37. The van der Waals surface area contributed by atoms with Gasteiger partial charge in [-0.05, 0) is 18.1 Å². The fourth-order valence-electron chi connectivity index (χ4n) is 3.85. The Hall–Kier alpha value is -2.54. The van der Waals surface area contributed by atoms with Crippen LogP contribution in [-0.4, -0.2) is 41.0 Å². The van der Waals surface area contributed by atoms with Crippen molar-refractivity contribution >= 4 is 6.03 Å². The number of fused-ring (bicyclic) bond motifs is 1. The van der Waals surface area contributed by atoms with E-state index in [9.17, 15) is 4.79 Å². The lowest BCUT2D eigenvalue weighted by atomic mass is 9.97. The average molecular weight is 356 g/mol. The molecule has 0 spiro atoms. The van der Waals surface area contributed by atoms with Crippen LogP contribution in [0, 0.1) is 5.92 Å². The third kappa shape index (κ3) is 3.14. The summed E-state index contributed by atoms with van der Waals surface area (Å²) in [4.78, 5) is 14.5. The maximum Gasteiger partial charge on any atom is 0.318 e. The second-order valence-corrected chi connectivity index (χ2v) is 6.93. The molecule has 1 saturated heterocycles. The molecule has 7 nitrogen and oxygen atoms in total. The molecular formula is C19H24N4O3. The number of hydrogen-bond acceptors (Lipinski definition) is 4. The molecule has 0 unspecified atom stereocenters. The molecule has 0 saturated carbocycles. The number of benzene rings is 1. The van der Waals surface area contributed by atoms with Gasteiger partial charge >= 0.3 is 6.03 Å². The van der Waals surface area contributed by atoms with E-state index in [0.717, 1.165) is 28.9 Å². The zero-order valence-corrected chi connectivity index (χ0v) is 15.1. The highest BCUT2D eigenvalue weighted by atomic mass is 16.5. The maximum absolute atomic E-state index is 12.6. The van der Waals surface area contributed by atoms with Gasteiger partial charge in [0.2, 0.25) is 0 Å². The molecule has 7 heteroatoms. The van der Waals surface area contributed by atoms with Crippen molar-refractivity contribution < 1.29 is 14.3 Å². The van der Waals surface area contributed by atoms with Gasteiger partial charge in [-0.25, -0.2) is 4.79 Å². The molecule has 1 N–H and O–H groups in total. The second kappa shape index (κ2) is 6.99. The SMILES string of the molecule is COc1cccc2c1CN(C(=O)NC[C@@H]1CCO[C@H]1c1cnn(C)c1)C2. The standard InChI is InChI=1S/C19H24N4O3/c1-22-10-15(9-21-22)18-13(6-7-26-18)8-20-19(24)23-11-14-4-3-5-17(25-2)16(14)12-23/h3-5,9-10,13,18H,6-8,11-12H2,1-2H3,(H,20,24)/t13-,18+/m0/s1. The number of ether oxygens (including phenoxy) is 2. The summed E-state index contributed by atoms with van der Waals surface area (Å²) < 4.78 is 13.1. The van der Waals surface area contributed by atoms with Gasteiger partial charge in [0, 0.05) is 50.0 Å². The summed E-state index contributed by atoms with van der Waals surface area (Å²) in [5.41, 5.74) is 3.32. The summed E-state index contributed by atoms with van der Waals surface area (Å²) in [6.07, 6.45) is 4.76. The van der Waals surface area contributed by atoms with Crippen molar-refractivity contribution in [1.29, 1.82) is 0 Å². The van der Waals surface area contributed by atoms with Gasteiger partial charge in [-0.2, -0.15) is 5.10 Å². The van der Waals surface area contributed by atoms with Crippen LogP contribution in [0.5, 0.6) is 5.75 Å². The minimum Gasteiger partial charge on any atom is -0.496 e. The molecule has 26 heavy (non-hydrogen) atoms. The smallest absolute Gasteiger partial charge is 0.318 e. The van der Waals surface area contributed by atoms with Crippen LogP contribution in [0.4, 0.5) is 4.79 Å². The van der Waals surface area contributed by atoms with Crippen molar-refractivity contribution in [2.45, 2.75) is 25.6 Å². The Morgan fingerprint density at radius 2 is 2.31 bits per heavy atom. The van der Waals surface area contributed by atoms with Crippen LogP contribution >= 0.6 is 0 Å². The molecule has 0 bridgehead atoms. The molecule has 1 aromatic carbocycles. The van der Waals surface area contributed by atoms with E-state index in [1.165, 1.54) is 0 Å². The molecule has 2 aromatic rings. The summed E-state index contributed by atoms with van der Waals surface area (Å²) in [5.74, 6) is 1.11. The van der Waals surface area contributed by atoms with Crippen molar-refractivity contribution in [1.82, 2.24) is 20.0 Å². The van der Waals surface area contributed by atoms with Crippen LogP contribution in [0.15, 0.2) is 30.6 Å². The first-order valence-corrected chi connectivity index (χ1v) is 8.93. The number of amides is 2. The normalized spacial score (nSPS) is 21.7. The van der Waals surface area contributed by atoms with Crippen LogP contribution in [-0.2, 0) is 24.9 Å². The molecule has 4 rings (SSSR count). The number of nitrogens with zero attached hydrogens (tertiary/aromatic N) is 3. The van der Waals surface area contributed by atoms with Gasteiger partial charge in [-0.1, -0.05) is 12.1 Å². The molecule has 2 aliphatic heterocycles. The third-order valence-electron chi connectivity index (χ3n) is 5.23. The van der Waals surface area contributed by atoms with Gasteiger partial charge in [0.05, 0.1) is 26.0 Å². The predicted molar refractivity (Wildman–Crippen MR) is 95.6 cm³/mol. The number of rotatable bonds is 4. The number of urea groups is 1. The highest BCUT2D eigenvalue weighted by molar-refractivity contribution is 5.75. The number of aromatic nitrogens is 2. The molecule has 2 aliphatic rings. The Bertz CT molecular complexity index is 804. The summed E-state index contributed by atoms with van der Waals surface area (Å²) in [5, 5.41) is 7.31. The fraction of sp³-hybridized carbons (Fsp3) is 0.474. The number of aryl methyl sites for hydroxylation is 1. The van der Waals surface area contributed by atoms with Crippen LogP contribution < -0.4 is 10.1 Å². The number of nitrogens with one attached hydrogen (secondary N) is 1. The number of carbonyl (C=O) groups is 1. The van der Waals surface area contributed by atoms with Gasteiger partial charge in [0.15, 0.2) is 0 Å². The minimum atomic E-state index is -0.0416. The number of carbonyl (C=O) groups excluding carboxylic acids is 1. The fourth-order valence-corrected chi connectivity index (χ4v) is 3.85. The molecule has 1 aromatic heterocycles. The van der Waals surface area contributed by atoms with Crippen molar-refractivity contribution in [2.24, 2.45) is 13.0 Å².